The molecule has 2 fully saturated rings. The fourth-order valence-corrected chi connectivity index (χ4v) is 4.56. The van der Waals surface area contributed by atoms with Crippen molar-refractivity contribution in [2.75, 3.05) is 0 Å². The normalized spacial score (nSPS) is 29.7. The van der Waals surface area contributed by atoms with Crippen molar-refractivity contribution in [1.82, 2.24) is 5.01 Å². The third-order valence-electron chi connectivity index (χ3n) is 5.34. The third kappa shape index (κ3) is 2.45. The number of non-ortho nitro benzene ring substituents is 1. The smallest absolute Gasteiger partial charge is 0.271 e. The van der Waals surface area contributed by atoms with Crippen molar-refractivity contribution in [3.05, 3.63) is 44.4 Å². The molecule has 9 heteroatoms. The average molecular weight is 420 g/mol. The van der Waals surface area contributed by atoms with E-state index in [2.05, 4.69) is 21.0 Å². The van der Waals surface area contributed by atoms with Gasteiger partial charge in [0.25, 0.3) is 17.5 Å². The van der Waals surface area contributed by atoms with Crippen molar-refractivity contribution in [2.24, 2.45) is 28.8 Å². The third-order valence-corrected chi connectivity index (χ3v) is 5.94. The van der Waals surface area contributed by atoms with E-state index in [0.29, 0.717) is 0 Å². The molecule has 1 aromatic rings. The molecule has 0 unspecified atom stereocenters. The SMILES string of the molecule is O=C1[C@@H]2[C@@H](C(=O)N1/N=C\c1cc([N+](=O)[O-])cc(Br)c1O)[C@@H]1C=C[C@@H]2CC1. The van der Waals surface area contributed by atoms with Crippen LogP contribution in [0.3, 0.4) is 0 Å². The van der Waals surface area contributed by atoms with Crippen LogP contribution in [0.25, 0.3) is 0 Å². The number of nitro groups is 1. The van der Waals surface area contributed by atoms with Crippen LogP contribution in [0.4, 0.5) is 5.69 Å². The lowest BCUT2D eigenvalue weighted by Crippen LogP contribution is -2.38. The second-order valence-corrected chi connectivity index (χ2v) is 7.55. The van der Waals surface area contributed by atoms with Crippen LogP contribution in [-0.4, -0.2) is 33.1 Å². The number of fused-ring (bicyclic) bond motifs is 1. The van der Waals surface area contributed by atoms with Crippen LogP contribution in [0.2, 0.25) is 0 Å². The minimum Gasteiger partial charge on any atom is -0.506 e. The molecule has 2 bridgehead atoms. The van der Waals surface area contributed by atoms with Crippen LogP contribution in [0.15, 0.2) is 33.9 Å². The van der Waals surface area contributed by atoms with Gasteiger partial charge in [-0.3, -0.25) is 19.7 Å². The Hall–Kier alpha value is -2.55. The van der Waals surface area contributed by atoms with E-state index >= 15 is 0 Å². The van der Waals surface area contributed by atoms with Crippen LogP contribution in [0.1, 0.15) is 18.4 Å². The van der Waals surface area contributed by atoms with Crippen molar-refractivity contribution in [3.63, 3.8) is 0 Å². The first-order chi connectivity index (χ1) is 12.4. The van der Waals surface area contributed by atoms with E-state index in [9.17, 15) is 24.8 Å². The van der Waals surface area contributed by atoms with Crippen LogP contribution >= 0.6 is 15.9 Å². The molecule has 1 aliphatic heterocycles. The highest BCUT2D eigenvalue weighted by Gasteiger charge is 2.56. The summed E-state index contributed by atoms with van der Waals surface area (Å²) >= 11 is 3.04. The number of carbonyl (C=O) groups excluding carboxylic acids is 2. The average Bonchev–Trinajstić information content (AvgIpc) is 2.90. The Morgan fingerprint density at radius 1 is 1.19 bits per heavy atom. The Morgan fingerprint density at radius 2 is 1.77 bits per heavy atom. The van der Waals surface area contributed by atoms with Crippen LogP contribution in [0, 0.1) is 33.8 Å². The van der Waals surface area contributed by atoms with Gasteiger partial charge in [0, 0.05) is 17.7 Å². The van der Waals surface area contributed by atoms with E-state index < -0.39 is 4.92 Å². The number of allylic oxidation sites excluding steroid dienone is 2. The number of imide groups is 1. The van der Waals surface area contributed by atoms with Crippen LogP contribution in [-0.2, 0) is 9.59 Å². The van der Waals surface area contributed by atoms with Gasteiger partial charge in [-0.15, -0.1) is 0 Å². The van der Waals surface area contributed by atoms with Gasteiger partial charge in [0.1, 0.15) is 5.75 Å². The lowest BCUT2D eigenvalue weighted by Gasteiger charge is -2.37. The summed E-state index contributed by atoms with van der Waals surface area (Å²) in [7, 11) is 0. The predicted molar refractivity (Wildman–Crippen MR) is 94.2 cm³/mol. The summed E-state index contributed by atoms with van der Waals surface area (Å²) in [6.45, 7) is 0. The van der Waals surface area contributed by atoms with E-state index in [0.717, 1.165) is 36.2 Å². The Balaban J connectivity index is 1.65. The number of amides is 2. The number of aromatic hydroxyl groups is 1. The van der Waals surface area contributed by atoms with E-state index in [-0.39, 0.29) is 57.0 Å². The van der Waals surface area contributed by atoms with Gasteiger partial charge in [-0.05, 0) is 40.6 Å². The van der Waals surface area contributed by atoms with Crippen molar-refractivity contribution in [1.29, 1.82) is 0 Å². The van der Waals surface area contributed by atoms with Gasteiger partial charge in [-0.1, -0.05) is 12.2 Å². The summed E-state index contributed by atoms with van der Waals surface area (Å²) < 4.78 is 0.128. The fourth-order valence-electron chi connectivity index (χ4n) is 4.10. The molecule has 0 radical (unpaired) electrons. The number of benzene rings is 1. The number of rotatable bonds is 3. The zero-order valence-electron chi connectivity index (χ0n) is 13.4. The molecule has 2 amide bonds. The highest BCUT2D eigenvalue weighted by atomic mass is 79.9. The van der Waals surface area contributed by atoms with Gasteiger partial charge in [-0.2, -0.15) is 10.1 Å². The standard InChI is InChI=1S/C17H14BrN3O5/c18-12-6-11(21(25)26)5-10(15(12)22)7-19-20-16(23)13-8-1-2-9(4-3-8)14(13)17(20)24/h1-2,5-9,13-14,22H,3-4H2/b19-7-/t8-,9-,13+,14+/m1/s1. The molecule has 3 aliphatic carbocycles. The van der Waals surface area contributed by atoms with Gasteiger partial charge in [0.15, 0.2) is 0 Å². The molecular weight excluding hydrogens is 406 g/mol. The van der Waals surface area contributed by atoms with Gasteiger partial charge >= 0.3 is 0 Å². The summed E-state index contributed by atoms with van der Waals surface area (Å²) in [6.07, 6.45) is 6.90. The number of carbonyl (C=O) groups is 2. The molecule has 1 aromatic carbocycles. The summed E-state index contributed by atoms with van der Waals surface area (Å²) in [5.74, 6) is -1.59. The number of hydrogen-bond donors (Lipinski definition) is 1. The maximum absolute atomic E-state index is 12.7. The molecule has 4 aliphatic rings. The number of phenols is 1. The first-order valence-corrected chi connectivity index (χ1v) is 8.95. The minimum absolute atomic E-state index is 0.0441. The topological polar surface area (TPSA) is 113 Å². The molecular formula is C17H14BrN3O5. The summed E-state index contributed by atoms with van der Waals surface area (Å²) in [6, 6.07) is 2.30. The zero-order chi connectivity index (χ0) is 18.6. The monoisotopic (exact) mass is 419 g/mol. The van der Waals surface area contributed by atoms with Gasteiger partial charge in [0.05, 0.1) is 27.4 Å². The molecule has 4 atom stereocenters. The molecule has 8 nitrogen and oxygen atoms in total. The largest absolute Gasteiger partial charge is 0.506 e. The highest BCUT2D eigenvalue weighted by Crippen LogP contribution is 2.49. The number of nitrogens with zero attached hydrogens (tertiary/aromatic N) is 3. The molecule has 0 spiro atoms. The van der Waals surface area contributed by atoms with Gasteiger partial charge < -0.3 is 5.11 Å². The Bertz CT molecular complexity index is 865. The van der Waals surface area contributed by atoms with Crippen LogP contribution < -0.4 is 0 Å². The van der Waals surface area contributed by atoms with E-state index in [1.54, 1.807) is 0 Å². The summed E-state index contributed by atoms with van der Waals surface area (Å²) in [5, 5.41) is 25.8. The predicted octanol–water partition coefficient (Wildman–Crippen LogP) is 2.59. The Kier molecular flexibility index (Phi) is 3.91. The molecule has 26 heavy (non-hydrogen) atoms. The lowest BCUT2D eigenvalue weighted by molar-refractivity contribution is -0.385. The van der Waals surface area contributed by atoms with Gasteiger partial charge in [-0.25, -0.2) is 0 Å². The summed E-state index contributed by atoms with van der Waals surface area (Å²) in [5.41, 5.74) is -0.200. The molecule has 5 rings (SSSR count). The number of halogens is 1. The molecule has 1 saturated heterocycles. The summed E-state index contributed by atoms with van der Waals surface area (Å²) in [4.78, 5) is 35.7. The van der Waals surface area contributed by atoms with E-state index in [1.807, 2.05) is 12.2 Å². The molecule has 1 N–H and O–H groups in total. The molecule has 1 saturated carbocycles. The first-order valence-electron chi connectivity index (χ1n) is 8.15. The van der Waals surface area contributed by atoms with Crippen molar-refractivity contribution >= 4 is 39.6 Å². The minimum atomic E-state index is -0.606. The van der Waals surface area contributed by atoms with E-state index in [1.165, 1.54) is 0 Å². The number of hydrazone groups is 1. The number of phenolic OH excluding ortho intramolecular Hbond substituents is 1. The fraction of sp³-hybridized carbons (Fsp3) is 0.353. The van der Waals surface area contributed by atoms with Crippen LogP contribution in [0.5, 0.6) is 5.75 Å². The quantitative estimate of drug-likeness (QED) is 0.266. The van der Waals surface area contributed by atoms with Gasteiger partial charge in [0.2, 0.25) is 0 Å². The maximum atomic E-state index is 12.7. The number of hydrogen-bond acceptors (Lipinski definition) is 6. The van der Waals surface area contributed by atoms with Crippen molar-refractivity contribution < 1.29 is 19.6 Å². The Labute approximate surface area is 156 Å². The maximum Gasteiger partial charge on any atom is 0.271 e. The zero-order valence-corrected chi connectivity index (χ0v) is 15.0. The molecule has 1 heterocycles. The molecule has 0 aromatic heterocycles. The molecule has 134 valence electrons. The number of nitro benzene ring substituents is 1. The Morgan fingerprint density at radius 3 is 2.27 bits per heavy atom. The van der Waals surface area contributed by atoms with E-state index in [4.69, 9.17) is 0 Å². The highest BCUT2D eigenvalue weighted by molar-refractivity contribution is 9.10. The van der Waals surface area contributed by atoms with Crippen molar-refractivity contribution in [2.45, 2.75) is 12.8 Å². The van der Waals surface area contributed by atoms with Crippen molar-refractivity contribution in [3.8, 4) is 5.75 Å². The second kappa shape index (κ2) is 6.01. The second-order valence-electron chi connectivity index (χ2n) is 6.70. The first kappa shape index (κ1) is 16.9. The lowest BCUT2D eigenvalue weighted by atomic mass is 9.63.